The first-order valence-corrected chi connectivity index (χ1v) is 4.21. The van der Waals surface area contributed by atoms with Gasteiger partial charge in [0.15, 0.2) is 0 Å². The van der Waals surface area contributed by atoms with E-state index < -0.39 is 0 Å². The molecule has 0 fully saturated rings. The second-order valence-electron chi connectivity index (χ2n) is 2.66. The zero-order chi connectivity index (χ0) is 9.26. The van der Waals surface area contributed by atoms with E-state index in [0.717, 1.165) is 11.4 Å². The van der Waals surface area contributed by atoms with Gasteiger partial charge in [-0.25, -0.2) is 0 Å². The van der Waals surface area contributed by atoms with E-state index in [9.17, 15) is 0 Å². The van der Waals surface area contributed by atoms with Crippen LogP contribution in [0.3, 0.4) is 0 Å². The minimum Gasteiger partial charge on any atom is -0.153 e. The van der Waals surface area contributed by atoms with Gasteiger partial charge < -0.3 is 0 Å². The fourth-order valence-electron chi connectivity index (χ4n) is 0.996. The first-order chi connectivity index (χ1) is 6.25. The summed E-state index contributed by atoms with van der Waals surface area (Å²) in [5, 5.41) is 8.78. The summed E-state index contributed by atoms with van der Waals surface area (Å²) in [6, 6.07) is 7.32. The monoisotopic (exact) mass is 192 g/mol. The van der Waals surface area contributed by atoms with E-state index in [1.165, 1.54) is 4.80 Å². The number of aryl methyl sites for hydroxylation is 1. The smallest absolute Gasteiger partial charge is 0.138 e. The summed E-state index contributed by atoms with van der Waals surface area (Å²) in [6.07, 6.45) is 2.75. The van der Waals surface area contributed by atoms with Gasteiger partial charge in [0.1, 0.15) is 6.20 Å². The summed E-state index contributed by atoms with van der Waals surface area (Å²) >= 11 is 5.75. The van der Waals surface area contributed by atoms with Crippen molar-refractivity contribution < 1.29 is 0 Å². The molecule has 2 aromatic rings. The summed E-state index contributed by atoms with van der Waals surface area (Å²) in [5.74, 6) is 0. The van der Waals surface area contributed by atoms with Crippen LogP contribution in [0.15, 0.2) is 24.3 Å². The summed E-state index contributed by atoms with van der Waals surface area (Å²) in [5.41, 5.74) is 1.66. The zero-order valence-corrected chi connectivity index (χ0v) is 7.78. The highest BCUT2D eigenvalue weighted by Crippen LogP contribution is 2.11. The highest BCUT2D eigenvalue weighted by Gasteiger charge is 1.98. The molecule has 0 atom stereocenters. The molecule has 0 spiro atoms. The van der Waals surface area contributed by atoms with Crippen molar-refractivity contribution >= 4 is 11.6 Å². The molecule has 13 heavy (non-hydrogen) atoms. The van der Waals surface area contributed by atoms with Gasteiger partial charge in [0, 0.05) is 5.02 Å². The molecule has 1 radical (unpaired) electrons. The number of aromatic nitrogens is 3. The van der Waals surface area contributed by atoms with E-state index in [-0.39, 0.29) is 0 Å². The maximum Gasteiger partial charge on any atom is 0.138 e. The third-order valence-electron chi connectivity index (χ3n) is 1.61. The molecular weight excluding hydrogens is 186 g/mol. The quantitative estimate of drug-likeness (QED) is 0.692. The summed E-state index contributed by atoms with van der Waals surface area (Å²) in [4.78, 5) is 1.52. The molecule has 1 aromatic heterocycles. The molecule has 0 aliphatic carbocycles. The van der Waals surface area contributed by atoms with Crippen LogP contribution in [0.5, 0.6) is 0 Å². The van der Waals surface area contributed by atoms with E-state index in [4.69, 9.17) is 11.6 Å². The standard InChI is InChI=1S/C9H7ClN3/c1-7-6-11-13(12-7)9-4-2-8(10)3-5-9/h2-5H,1H3. The number of hydrogen-bond acceptors (Lipinski definition) is 2. The molecule has 0 aliphatic rings. The third-order valence-corrected chi connectivity index (χ3v) is 1.86. The SMILES string of the molecule is Cc1[c]nn(-c2ccc(Cl)cc2)n1. The number of nitrogens with zero attached hydrogens (tertiary/aromatic N) is 3. The molecule has 2 rings (SSSR count). The highest BCUT2D eigenvalue weighted by molar-refractivity contribution is 6.30. The van der Waals surface area contributed by atoms with Crippen molar-refractivity contribution in [2.75, 3.05) is 0 Å². The predicted molar refractivity (Wildman–Crippen MR) is 49.9 cm³/mol. The lowest BCUT2D eigenvalue weighted by atomic mass is 10.3. The topological polar surface area (TPSA) is 30.7 Å². The van der Waals surface area contributed by atoms with E-state index in [0.29, 0.717) is 5.02 Å². The Labute approximate surface area is 81.0 Å². The lowest BCUT2D eigenvalue weighted by Gasteiger charge is -1.97. The van der Waals surface area contributed by atoms with Crippen LogP contribution < -0.4 is 0 Å². The van der Waals surface area contributed by atoms with Crippen LogP contribution in [-0.2, 0) is 0 Å². The van der Waals surface area contributed by atoms with Gasteiger partial charge in [-0.1, -0.05) is 11.6 Å². The van der Waals surface area contributed by atoms with Gasteiger partial charge in [-0.3, -0.25) is 0 Å². The summed E-state index contributed by atoms with van der Waals surface area (Å²) < 4.78 is 0. The van der Waals surface area contributed by atoms with Crippen molar-refractivity contribution in [3.8, 4) is 5.69 Å². The second kappa shape index (κ2) is 3.18. The van der Waals surface area contributed by atoms with Crippen LogP contribution >= 0.6 is 11.6 Å². The molecule has 0 aliphatic heterocycles. The van der Waals surface area contributed by atoms with Crippen molar-refractivity contribution in [2.24, 2.45) is 0 Å². The van der Waals surface area contributed by atoms with Gasteiger partial charge >= 0.3 is 0 Å². The Balaban J connectivity index is 2.41. The van der Waals surface area contributed by atoms with Crippen LogP contribution in [0.4, 0.5) is 0 Å². The lowest BCUT2D eigenvalue weighted by Crippen LogP contribution is -1.97. The predicted octanol–water partition coefficient (Wildman–Crippen LogP) is 2.03. The maximum atomic E-state index is 5.75. The molecule has 0 N–H and O–H groups in total. The minimum absolute atomic E-state index is 0.705. The Bertz CT molecular complexity index is 405. The normalized spacial score (nSPS) is 10.3. The Morgan fingerprint density at radius 1 is 1.31 bits per heavy atom. The van der Waals surface area contributed by atoms with Crippen LogP contribution in [-0.4, -0.2) is 15.0 Å². The molecule has 65 valence electrons. The summed E-state index contributed by atoms with van der Waals surface area (Å²) in [6.45, 7) is 1.85. The molecule has 0 amide bonds. The largest absolute Gasteiger partial charge is 0.153 e. The Morgan fingerprint density at radius 3 is 2.54 bits per heavy atom. The number of halogens is 1. The summed E-state index contributed by atoms with van der Waals surface area (Å²) in [7, 11) is 0. The molecule has 0 bridgehead atoms. The minimum atomic E-state index is 0.705. The number of hydrogen-bond donors (Lipinski definition) is 0. The van der Waals surface area contributed by atoms with Crippen LogP contribution in [0.25, 0.3) is 5.69 Å². The third kappa shape index (κ3) is 1.70. The Morgan fingerprint density at radius 2 is 2.00 bits per heavy atom. The van der Waals surface area contributed by atoms with Gasteiger partial charge in [0.25, 0.3) is 0 Å². The maximum absolute atomic E-state index is 5.75. The van der Waals surface area contributed by atoms with Gasteiger partial charge in [0.05, 0.1) is 11.4 Å². The first kappa shape index (κ1) is 8.26. The molecule has 3 nitrogen and oxygen atoms in total. The Kier molecular flexibility index (Phi) is 2.02. The molecule has 1 aromatic carbocycles. The van der Waals surface area contributed by atoms with Crippen LogP contribution in [0.1, 0.15) is 5.69 Å². The molecule has 0 unspecified atom stereocenters. The van der Waals surface area contributed by atoms with Crippen molar-refractivity contribution in [3.63, 3.8) is 0 Å². The second-order valence-corrected chi connectivity index (χ2v) is 3.10. The molecule has 0 saturated heterocycles. The average molecular weight is 193 g/mol. The van der Waals surface area contributed by atoms with Gasteiger partial charge in [-0.15, -0.1) is 5.10 Å². The van der Waals surface area contributed by atoms with Crippen molar-refractivity contribution in [1.29, 1.82) is 0 Å². The molecule has 1 heterocycles. The number of rotatable bonds is 1. The zero-order valence-electron chi connectivity index (χ0n) is 7.03. The highest BCUT2D eigenvalue weighted by atomic mass is 35.5. The van der Waals surface area contributed by atoms with E-state index in [1.54, 1.807) is 12.1 Å². The van der Waals surface area contributed by atoms with E-state index >= 15 is 0 Å². The first-order valence-electron chi connectivity index (χ1n) is 3.83. The van der Waals surface area contributed by atoms with E-state index in [2.05, 4.69) is 16.4 Å². The fraction of sp³-hybridized carbons (Fsp3) is 0.111. The van der Waals surface area contributed by atoms with Gasteiger partial charge in [0.2, 0.25) is 0 Å². The van der Waals surface area contributed by atoms with Crippen LogP contribution in [0.2, 0.25) is 5.02 Å². The van der Waals surface area contributed by atoms with Gasteiger partial charge in [-0.05, 0) is 31.2 Å². The van der Waals surface area contributed by atoms with Crippen molar-refractivity contribution in [1.82, 2.24) is 15.0 Å². The molecule has 4 heteroatoms. The average Bonchev–Trinajstić information content (AvgIpc) is 2.53. The molecule has 0 saturated carbocycles. The molecular formula is C9H7ClN3. The fourth-order valence-corrected chi connectivity index (χ4v) is 1.12. The van der Waals surface area contributed by atoms with Gasteiger partial charge in [-0.2, -0.15) is 9.90 Å². The van der Waals surface area contributed by atoms with Crippen molar-refractivity contribution in [2.45, 2.75) is 6.92 Å². The Hall–Kier alpha value is -1.35. The lowest BCUT2D eigenvalue weighted by molar-refractivity contribution is 0.745. The number of benzene rings is 1. The van der Waals surface area contributed by atoms with E-state index in [1.807, 2.05) is 19.1 Å². The van der Waals surface area contributed by atoms with Crippen LogP contribution in [0, 0.1) is 13.1 Å². The van der Waals surface area contributed by atoms with Crippen molar-refractivity contribution in [3.05, 3.63) is 41.2 Å².